The predicted molar refractivity (Wildman–Crippen MR) is 154 cm³/mol. The highest BCUT2D eigenvalue weighted by atomic mass is 35.5. The molecule has 5 rings (SSSR count). The Morgan fingerprint density at radius 2 is 1.82 bits per heavy atom. The Morgan fingerprint density at radius 1 is 1.08 bits per heavy atom. The number of aryl methyl sites for hydroxylation is 1. The standard InChI is InChI=1S/C28H36Cl3N5O2/c1-16(23-6-5-21(29)14-24(23)30)32-26-25(31)17(2)33-28(34-26)35-10-7-18(8-11-35)19-4-3-9-36(15-19)22-12-20(13-22)27(37)38/h5-6,14,16,18-20,22H,3-4,7-13,15H2,1-2H3,(H,37,38)(H,32,33,34)/t16-,19?,20?,22?/m1/s1. The van der Waals surface area contributed by atoms with Crippen molar-refractivity contribution in [3.05, 3.63) is 44.5 Å². The molecule has 2 aromatic rings. The summed E-state index contributed by atoms with van der Waals surface area (Å²) in [5, 5.41) is 14.4. The summed E-state index contributed by atoms with van der Waals surface area (Å²) < 4.78 is 0. The number of benzene rings is 1. The number of halogens is 3. The number of aliphatic carboxylic acids is 1. The maximum Gasteiger partial charge on any atom is 0.306 e. The third-order valence-electron chi connectivity index (χ3n) is 8.74. The van der Waals surface area contributed by atoms with E-state index in [0.29, 0.717) is 44.7 Å². The van der Waals surface area contributed by atoms with Crippen LogP contribution >= 0.6 is 34.8 Å². The van der Waals surface area contributed by atoms with Gasteiger partial charge in [-0.05, 0) is 88.4 Å². The first-order chi connectivity index (χ1) is 18.2. The van der Waals surface area contributed by atoms with Crippen LogP contribution in [-0.2, 0) is 4.79 Å². The Bertz CT molecular complexity index is 1170. The Morgan fingerprint density at radius 3 is 2.50 bits per heavy atom. The van der Waals surface area contributed by atoms with E-state index in [1.165, 1.54) is 12.8 Å². The van der Waals surface area contributed by atoms with Gasteiger partial charge in [-0.25, -0.2) is 4.98 Å². The highest BCUT2D eigenvalue weighted by molar-refractivity contribution is 6.35. The second-order valence-corrected chi connectivity index (χ2v) is 12.4. The molecule has 3 aliphatic rings. The maximum atomic E-state index is 11.2. The van der Waals surface area contributed by atoms with Crippen LogP contribution in [0.2, 0.25) is 15.1 Å². The molecule has 3 heterocycles. The summed E-state index contributed by atoms with van der Waals surface area (Å²) in [5.41, 5.74) is 1.67. The number of nitrogens with one attached hydrogen (secondary N) is 1. The van der Waals surface area contributed by atoms with Crippen LogP contribution in [0.5, 0.6) is 0 Å². The number of carboxylic acids is 1. The van der Waals surface area contributed by atoms with E-state index in [1.54, 1.807) is 6.07 Å². The van der Waals surface area contributed by atoms with Gasteiger partial charge in [0.05, 0.1) is 17.7 Å². The van der Waals surface area contributed by atoms with Crippen molar-refractivity contribution in [2.75, 3.05) is 36.4 Å². The van der Waals surface area contributed by atoms with Gasteiger partial charge in [0.1, 0.15) is 5.02 Å². The van der Waals surface area contributed by atoms with Gasteiger partial charge < -0.3 is 20.2 Å². The van der Waals surface area contributed by atoms with Gasteiger partial charge in [-0.15, -0.1) is 0 Å². The highest BCUT2D eigenvalue weighted by Crippen LogP contribution is 2.39. The van der Waals surface area contributed by atoms with Crippen LogP contribution < -0.4 is 10.2 Å². The first-order valence-electron chi connectivity index (χ1n) is 13.7. The molecule has 1 aromatic heterocycles. The van der Waals surface area contributed by atoms with E-state index in [-0.39, 0.29) is 12.0 Å². The van der Waals surface area contributed by atoms with Crippen molar-refractivity contribution in [1.82, 2.24) is 14.9 Å². The third-order valence-corrected chi connectivity index (χ3v) is 9.76. The molecule has 2 aliphatic heterocycles. The molecule has 0 amide bonds. The molecule has 3 fully saturated rings. The smallest absolute Gasteiger partial charge is 0.306 e. The minimum atomic E-state index is -0.636. The van der Waals surface area contributed by atoms with Gasteiger partial charge in [-0.1, -0.05) is 40.9 Å². The second-order valence-electron chi connectivity index (χ2n) is 11.2. The molecule has 206 valence electrons. The number of hydrogen-bond donors (Lipinski definition) is 2. The molecule has 0 spiro atoms. The average Bonchev–Trinajstić information content (AvgIpc) is 2.86. The lowest BCUT2D eigenvalue weighted by Gasteiger charge is -2.47. The van der Waals surface area contributed by atoms with Gasteiger partial charge in [-0.3, -0.25) is 4.79 Å². The van der Waals surface area contributed by atoms with Crippen LogP contribution in [0.3, 0.4) is 0 Å². The summed E-state index contributed by atoms with van der Waals surface area (Å²) in [4.78, 5) is 25.6. The van der Waals surface area contributed by atoms with Crippen LogP contribution in [0.1, 0.15) is 62.7 Å². The van der Waals surface area contributed by atoms with E-state index >= 15 is 0 Å². The van der Waals surface area contributed by atoms with E-state index in [9.17, 15) is 9.90 Å². The molecule has 2 atom stereocenters. The molecule has 0 radical (unpaired) electrons. The van der Waals surface area contributed by atoms with Crippen LogP contribution in [0.25, 0.3) is 0 Å². The van der Waals surface area contributed by atoms with Crippen molar-refractivity contribution in [1.29, 1.82) is 0 Å². The van der Waals surface area contributed by atoms with Crippen LogP contribution in [0, 0.1) is 24.7 Å². The minimum absolute atomic E-state index is 0.110. The molecule has 2 N–H and O–H groups in total. The third kappa shape index (κ3) is 6.01. The van der Waals surface area contributed by atoms with E-state index in [2.05, 4.69) is 15.1 Å². The number of piperidine rings is 2. The fourth-order valence-electron chi connectivity index (χ4n) is 6.33. The summed E-state index contributed by atoms with van der Waals surface area (Å²) in [6.45, 7) is 8.00. The first-order valence-corrected chi connectivity index (χ1v) is 14.8. The van der Waals surface area contributed by atoms with Crippen molar-refractivity contribution in [2.24, 2.45) is 17.8 Å². The monoisotopic (exact) mass is 579 g/mol. The molecular weight excluding hydrogens is 545 g/mol. The highest BCUT2D eigenvalue weighted by Gasteiger charge is 2.40. The quantitative estimate of drug-likeness (QED) is 0.377. The second kappa shape index (κ2) is 11.7. The van der Waals surface area contributed by atoms with Gasteiger partial charge in [0, 0.05) is 35.7 Å². The number of aromatic nitrogens is 2. The van der Waals surface area contributed by atoms with E-state index in [1.807, 2.05) is 26.0 Å². The average molecular weight is 581 g/mol. The lowest BCUT2D eigenvalue weighted by molar-refractivity contribution is -0.147. The fraction of sp³-hybridized carbons (Fsp3) is 0.607. The summed E-state index contributed by atoms with van der Waals surface area (Å²) in [7, 11) is 0. The zero-order chi connectivity index (χ0) is 27.0. The Kier molecular flexibility index (Phi) is 8.58. The SMILES string of the molecule is Cc1nc(N2CCC(C3CCCN(C4CC(C(=O)O)C4)C3)CC2)nc(N[C@H](C)c2ccc(Cl)cc2Cl)c1Cl. The van der Waals surface area contributed by atoms with E-state index < -0.39 is 5.97 Å². The summed E-state index contributed by atoms with van der Waals surface area (Å²) in [6.07, 6.45) is 6.34. The molecular formula is C28H36Cl3N5O2. The van der Waals surface area contributed by atoms with Crippen molar-refractivity contribution in [3.63, 3.8) is 0 Å². The number of nitrogens with zero attached hydrogens (tertiary/aromatic N) is 4. The van der Waals surface area contributed by atoms with Gasteiger partial charge in [0.25, 0.3) is 0 Å². The Balaban J connectivity index is 1.20. The number of anilines is 2. The van der Waals surface area contributed by atoms with Crippen LogP contribution in [-0.4, -0.2) is 58.2 Å². The summed E-state index contributed by atoms with van der Waals surface area (Å²) in [6, 6.07) is 5.83. The van der Waals surface area contributed by atoms with E-state index in [4.69, 9.17) is 44.8 Å². The molecule has 7 nitrogen and oxygen atoms in total. The summed E-state index contributed by atoms with van der Waals surface area (Å²) >= 11 is 19.1. The first kappa shape index (κ1) is 27.8. The normalized spacial score (nSPS) is 25.6. The van der Waals surface area contributed by atoms with E-state index in [0.717, 1.165) is 63.1 Å². The van der Waals surface area contributed by atoms with Crippen LogP contribution in [0.15, 0.2) is 18.2 Å². The molecule has 1 aromatic carbocycles. The molecule has 10 heteroatoms. The minimum Gasteiger partial charge on any atom is -0.481 e. The zero-order valence-corrected chi connectivity index (χ0v) is 24.2. The molecule has 2 saturated heterocycles. The molecule has 1 unspecified atom stereocenters. The molecule has 1 saturated carbocycles. The van der Waals surface area contributed by atoms with Gasteiger partial charge in [0.15, 0.2) is 5.82 Å². The number of hydrogen-bond acceptors (Lipinski definition) is 6. The lowest BCUT2D eigenvalue weighted by atomic mass is 9.75. The van der Waals surface area contributed by atoms with Crippen molar-refractivity contribution < 1.29 is 9.90 Å². The summed E-state index contributed by atoms with van der Waals surface area (Å²) in [5.74, 6) is 1.91. The number of carboxylic acid groups (broad SMARTS) is 1. The van der Waals surface area contributed by atoms with Crippen molar-refractivity contribution in [2.45, 2.75) is 64.5 Å². The lowest BCUT2D eigenvalue weighted by Crippen LogP contribution is -2.52. The Hall–Kier alpha value is -1.80. The largest absolute Gasteiger partial charge is 0.481 e. The molecule has 0 bridgehead atoms. The van der Waals surface area contributed by atoms with Crippen molar-refractivity contribution >= 4 is 52.5 Å². The van der Waals surface area contributed by atoms with Gasteiger partial charge >= 0.3 is 5.97 Å². The predicted octanol–water partition coefficient (Wildman–Crippen LogP) is 6.71. The molecule has 1 aliphatic carbocycles. The Labute approximate surface area is 239 Å². The number of carbonyl (C=O) groups is 1. The molecule has 38 heavy (non-hydrogen) atoms. The van der Waals surface area contributed by atoms with Gasteiger partial charge in [0.2, 0.25) is 5.95 Å². The topological polar surface area (TPSA) is 81.6 Å². The number of rotatable bonds is 7. The fourth-order valence-corrected chi connectivity index (χ4v) is 7.04. The zero-order valence-electron chi connectivity index (χ0n) is 22.0. The number of likely N-dealkylation sites (tertiary alicyclic amines) is 1. The van der Waals surface area contributed by atoms with Gasteiger partial charge in [-0.2, -0.15) is 4.98 Å². The maximum absolute atomic E-state index is 11.2. The van der Waals surface area contributed by atoms with Crippen LogP contribution in [0.4, 0.5) is 11.8 Å². The van der Waals surface area contributed by atoms with Crippen molar-refractivity contribution in [3.8, 4) is 0 Å².